The second-order valence-electron chi connectivity index (χ2n) is 7.27. The van der Waals surface area contributed by atoms with Crippen molar-refractivity contribution < 1.29 is 4.42 Å². The summed E-state index contributed by atoms with van der Waals surface area (Å²) in [5.41, 5.74) is 6.12. The van der Waals surface area contributed by atoms with Crippen molar-refractivity contribution in [2.24, 2.45) is 0 Å². The van der Waals surface area contributed by atoms with Gasteiger partial charge in [0.05, 0.1) is 0 Å². The molecule has 0 N–H and O–H groups in total. The van der Waals surface area contributed by atoms with Crippen LogP contribution in [-0.4, -0.2) is 5.37 Å². The number of allylic oxidation sites excluding steroid dienone is 1. The highest BCUT2D eigenvalue weighted by atomic mass is 79.9. The molecule has 0 unspecified atom stereocenters. The Morgan fingerprint density at radius 1 is 0.833 bits per heavy atom. The predicted molar refractivity (Wildman–Crippen MR) is 136 cm³/mol. The van der Waals surface area contributed by atoms with Crippen molar-refractivity contribution in [3.63, 3.8) is 0 Å². The summed E-state index contributed by atoms with van der Waals surface area (Å²) in [7, 11) is 0. The van der Waals surface area contributed by atoms with Crippen LogP contribution in [0.25, 0.3) is 49.9 Å². The molecule has 1 heterocycles. The summed E-state index contributed by atoms with van der Waals surface area (Å²) in [5, 5.41) is 6.37. The highest BCUT2D eigenvalue weighted by molar-refractivity contribution is 9.10. The van der Waals surface area contributed by atoms with Crippen LogP contribution in [0.2, 0.25) is 0 Å². The third-order valence-corrected chi connectivity index (χ3v) is 6.63. The van der Waals surface area contributed by atoms with E-state index in [0.29, 0.717) is 0 Å². The molecule has 30 heavy (non-hydrogen) atoms. The van der Waals surface area contributed by atoms with E-state index in [9.17, 15) is 0 Å². The van der Waals surface area contributed by atoms with Gasteiger partial charge in [0, 0.05) is 37.3 Å². The monoisotopic (exact) mass is 470 g/mol. The zero-order chi connectivity index (χ0) is 20.7. The van der Waals surface area contributed by atoms with E-state index in [1.807, 2.05) is 12.1 Å². The summed E-state index contributed by atoms with van der Waals surface area (Å²) in [6.07, 6.45) is 5.30. The molecule has 5 rings (SSSR count). The van der Waals surface area contributed by atoms with Gasteiger partial charge < -0.3 is 4.42 Å². The molecule has 146 valence electrons. The van der Waals surface area contributed by atoms with E-state index in [2.05, 4.69) is 89.6 Å². The van der Waals surface area contributed by atoms with Crippen molar-refractivity contribution in [2.75, 3.05) is 0 Å². The van der Waals surface area contributed by atoms with Gasteiger partial charge in [-0.25, -0.2) is 0 Å². The number of hydrogen-bond donors (Lipinski definition) is 0. The fourth-order valence-electron chi connectivity index (χ4n) is 4.19. The first kappa shape index (κ1) is 19.2. The van der Waals surface area contributed by atoms with Crippen molar-refractivity contribution in [2.45, 2.75) is 13.3 Å². The van der Waals surface area contributed by atoms with E-state index in [0.717, 1.165) is 65.9 Å². The highest BCUT2D eigenvalue weighted by Crippen LogP contribution is 2.43. The normalized spacial score (nSPS) is 11.8. The molecule has 0 radical (unpaired) electrons. The Kier molecular flexibility index (Phi) is 5.01. The second kappa shape index (κ2) is 7.82. The Bertz CT molecular complexity index is 1460. The summed E-state index contributed by atoms with van der Waals surface area (Å²) in [5.74, 6) is 0. The number of halogens is 1. The van der Waals surface area contributed by atoms with Crippen LogP contribution < -0.4 is 0 Å². The van der Waals surface area contributed by atoms with Crippen molar-refractivity contribution in [1.82, 2.24) is 0 Å². The Balaban J connectivity index is 1.97. The van der Waals surface area contributed by atoms with Crippen LogP contribution in [0.3, 0.4) is 0 Å². The summed E-state index contributed by atoms with van der Waals surface area (Å²) >= 11 is 9.39. The zero-order valence-electron chi connectivity index (χ0n) is 16.5. The average molecular weight is 471 g/mol. The van der Waals surface area contributed by atoms with Gasteiger partial charge in [0.1, 0.15) is 11.2 Å². The Morgan fingerprint density at radius 3 is 2.30 bits per heavy atom. The van der Waals surface area contributed by atoms with Gasteiger partial charge in [-0.2, -0.15) is 0 Å². The Labute approximate surface area is 189 Å². The standard InChI is InChI=1S/C27H19BrOS/c1-2-3-9-20-23(16-30)25(18-11-4-5-12-19(18)26(20)28)22-14-8-13-21-17-10-6-7-15-24(17)29-27(21)22/h3-16H,2H2,1H3/b9-3-. The molecule has 1 nitrogen and oxygen atoms in total. The maximum absolute atomic E-state index is 6.36. The molecule has 0 spiro atoms. The Morgan fingerprint density at radius 2 is 1.53 bits per heavy atom. The molecule has 3 heteroatoms. The molecular formula is C27H19BrOS. The van der Waals surface area contributed by atoms with Crippen LogP contribution in [0.1, 0.15) is 24.5 Å². The number of fused-ring (bicyclic) bond motifs is 4. The molecule has 4 aromatic carbocycles. The van der Waals surface area contributed by atoms with Gasteiger partial charge in [-0.1, -0.05) is 92.0 Å². The van der Waals surface area contributed by atoms with E-state index in [1.165, 1.54) is 0 Å². The molecular weight excluding hydrogens is 452 g/mol. The van der Waals surface area contributed by atoms with Gasteiger partial charge in [0.2, 0.25) is 0 Å². The van der Waals surface area contributed by atoms with Crippen LogP contribution in [0, 0.1) is 0 Å². The van der Waals surface area contributed by atoms with E-state index in [-0.39, 0.29) is 0 Å². The second-order valence-corrected chi connectivity index (χ2v) is 8.30. The number of para-hydroxylation sites is 2. The average Bonchev–Trinajstić information content (AvgIpc) is 3.17. The minimum atomic E-state index is 0.898. The number of benzene rings is 4. The molecule has 1 aromatic heterocycles. The van der Waals surface area contributed by atoms with Crippen LogP contribution in [0.4, 0.5) is 0 Å². The number of rotatable bonds is 4. The maximum atomic E-state index is 6.36. The van der Waals surface area contributed by atoms with Gasteiger partial charge in [-0.3, -0.25) is 0 Å². The number of hydrogen-bond acceptors (Lipinski definition) is 2. The largest absolute Gasteiger partial charge is 0.455 e. The lowest BCUT2D eigenvalue weighted by Crippen LogP contribution is -1.96. The topological polar surface area (TPSA) is 13.1 Å². The molecule has 0 aliphatic rings. The molecule has 0 amide bonds. The molecule has 5 aromatic rings. The molecule has 0 fully saturated rings. The highest BCUT2D eigenvalue weighted by Gasteiger charge is 2.20. The summed E-state index contributed by atoms with van der Waals surface area (Å²) in [6, 6.07) is 23.0. The summed E-state index contributed by atoms with van der Waals surface area (Å²) < 4.78 is 7.43. The minimum absolute atomic E-state index is 0.898. The van der Waals surface area contributed by atoms with E-state index < -0.39 is 0 Å². The van der Waals surface area contributed by atoms with Crippen LogP contribution >= 0.6 is 28.1 Å². The first-order valence-electron chi connectivity index (χ1n) is 10.0. The SMILES string of the molecule is CC/C=C\c1c(C=S)c(-c2cccc3c2oc2ccccc23)c2ccccc2c1Br. The fraction of sp³-hybridized carbons (Fsp3) is 0.0741. The first-order chi connectivity index (χ1) is 14.7. The van der Waals surface area contributed by atoms with Crippen molar-refractivity contribution in [1.29, 1.82) is 0 Å². The quantitative estimate of drug-likeness (QED) is 0.243. The smallest absolute Gasteiger partial charge is 0.143 e. The van der Waals surface area contributed by atoms with Crippen LogP contribution in [0.15, 0.2) is 81.7 Å². The molecule has 0 saturated heterocycles. The first-order valence-corrected chi connectivity index (χ1v) is 11.3. The van der Waals surface area contributed by atoms with Crippen LogP contribution in [0.5, 0.6) is 0 Å². The van der Waals surface area contributed by atoms with Crippen molar-refractivity contribution >= 4 is 72.3 Å². The molecule has 0 bridgehead atoms. The van der Waals surface area contributed by atoms with Gasteiger partial charge in [0.15, 0.2) is 0 Å². The number of furan rings is 1. The third kappa shape index (κ3) is 2.92. The van der Waals surface area contributed by atoms with Gasteiger partial charge in [-0.05, 0) is 44.8 Å². The lowest BCUT2D eigenvalue weighted by molar-refractivity contribution is 0.670. The molecule has 0 saturated carbocycles. The van der Waals surface area contributed by atoms with Gasteiger partial charge in [-0.15, -0.1) is 0 Å². The molecule has 0 aliphatic carbocycles. The van der Waals surface area contributed by atoms with E-state index in [4.69, 9.17) is 16.6 Å². The minimum Gasteiger partial charge on any atom is -0.455 e. The lowest BCUT2D eigenvalue weighted by Gasteiger charge is -2.17. The predicted octanol–water partition coefficient (Wildman–Crippen LogP) is 8.94. The Hall–Kier alpha value is -2.75. The van der Waals surface area contributed by atoms with Gasteiger partial charge >= 0.3 is 0 Å². The van der Waals surface area contributed by atoms with Crippen molar-refractivity contribution in [3.05, 3.63) is 88.4 Å². The third-order valence-electron chi connectivity index (χ3n) is 5.54. The molecule has 0 atom stereocenters. The number of thiocarbonyl (C=S) groups is 1. The fourth-order valence-corrected chi connectivity index (χ4v) is 5.13. The van der Waals surface area contributed by atoms with Crippen LogP contribution in [-0.2, 0) is 0 Å². The van der Waals surface area contributed by atoms with E-state index >= 15 is 0 Å². The summed E-state index contributed by atoms with van der Waals surface area (Å²) in [4.78, 5) is 0. The maximum Gasteiger partial charge on any atom is 0.143 e. The lowest BCUT2D eigenvalue weighted by atomic mass is 9.89. The van der Waals surface area contributed by atoms with Crippen molar-refractivity contribution in [3.8, 4) is 11.1 Å². The zero-order valence-corrected chi connectivity index (χ0v) is 18.9. The summed E-state index contributed by atoms with van der Waals surface area (Å²) in [6.45, 7) is 2.14. The molecule has 0 aliphatic heterocycles. The van der Waals surface area contributed by atoms with Gasteiger partial charge in [0.25, 0.3) is 0 Å². The van der Waals surface area contributed by atoms with E-state index in [1.54, 1.807) is 5.37 Å².